The van der Waals surface area contributed by atoms with E-state index in [-0.39, 0.29) is 27.6 Å². The van der Waals surface area contributed by atoms with E-state index in [1.54, 1.807) is 0 Å². The average Bonchev–Trinajstić information content (AvgIpc) is 2.05. The molecule has 0 saturated carbocycles. The van der Waals surface area contributed by atoms with Gasteiger partial charge < -0.3 is 5.11 Å². The maximum atomic E-state index is 10.1. The van der Waals surface area contributed by atoms with Crippen molar-refractivity contribution in [2.24, 2.45) is 0 Å². The zero-order valence-electron chi connectivity index (χ0n) is 11.6. The van der Waals surface area contributed by atoms with Crippen LogP contribution in [0.3, 0.4) is 0 Å². The summed E-state index contributed by atoms with van der Waals surface area (Å²) >= 11 is 0. The van der Waals surface area contributed by atoms with Gasteiger partial charge in [-0.1, -0.05) is 58.7 Å². The minimum absolute atomic E-state index is 0. The number of aromatic hydroxyl groups is 1. The molecule has 17 heavy (non-hydrogen) atoms. The second-order valence-corrected chi connectivity index (χ2v) is 6.53. The van der Waals surface area contributed by atoms with Gasteiger partial charge in [0.15, 0.2) is 0 Å². The fourth-order valence-corrected chi connectivity index (χ4v) is 1.70. The third-order valence-corrected chi connectivity index (χ3v) is 2.86. The van der Waals surface area contributed by atoms with Gasteiger partial charge in [-0.05, 0) is 10.8 Å². The van der Waals surface area contributed by atoms with Gasteiger partial charge in [0, 0.05) is 22.5 Å². The molecular formula is C15H23CoO-. The molecule has 1 N–H and O–H groups in total. The third-order valence-electron chi connectivity index (χ3n) is 2.86. The van der Waals surface area contributed by atoms with E-state index in [9.17, 15) is 5.11 Å². The average molecular weight is 278 g/mol. The van der Waals surface area contributed by atoms with Crippen LogP contribution in [0.1, 0.15) is 58.2 Å². The molecule has 0 aromatic heterocycles. The second-order valence-electron chi connectivity index (χ2n) is 6.53. The van der Waals surface area contributed by atoms with E-state index in [0.717, 1.165) is 11.1 Å². The van der Waals surface area contributed by atoms with Gasteiger partial charge in [0.1, 0.15) is 0 Å². The van der Waals surface area contributed by atoms with E-state index in [4.69, 9.17) is 0 Å². The standard InChI is InChI=1S/C15H23O.Co/c1-10-8-11(14(2,3)4)9-12(13(10)16)15(5,6)7;/h8-9,16H,1H2,2-7H3;/q-1;. The fourth-order valence-electron chi connectivity index (χ4n) is 1.70. The monoisotopic (exact) mass is 278 g/mol. The Morgan fingerprint density at radius 3 is 1.76 bits per heavy atom. The molecule has 1 aromatic rings. The van der Waals surface area contributed by atoms with Crippen molar-refractivity contribution in [3.8, 4) is 5.75 Å². The van der Waals surface area contributed by atoms with Crippen molar-refractivity contribution >= 4 is 0 Å². The molecule has 0 saturated heterocycles. The van der Waals surface area contributed by atoms with Crippen molar-refractivity contribution in [1.82, 2.24) is 0 Å². The number of phenolic OH excluding ortho intramolecular Hbond substituents is 1. The van der Waals surface area contributed by atoms with Crippen LogP contribution < -0.4 is 0 Å². The quantitative estimate of drug-likeness (QED) is 0.706. The van der Waals surface area contributed by atoms with Crippen molar-refractivity contribution in [2.45, 2.75) is 52.4 Å². The summed E-state index contributed by atoms with van der Waals surface area (Å²) in [5, 5.41) is 10.1. The minimum atomic E-state index is -0.0578. The zero-order chi connectivity index (χ0) is 12.7. The molecule has 0 aliphatic carbocycles. The van der Waals surface area contributed by atoms with Gasteiger partial charge in [-0.3, -0.25) is 0 Å². The maximum Gasteiger partial charge on any atom is 0.0140 e. The molecule has 2 heteroatoms. The van der Waals surface area contributed by atoms with Gasteiger partial charge in [0.2, 0.25) is 0 Å². The summed E-state index contributed by atoms with van der Waals surface area (Å²) in [5.41, 5.74) is 2.94. The Balaban J connectivity index is 0.00000256. The fraction of sp³-hybridized carbons (Fsp3) is 0.533. The van der Waals surface area contributed by atoms with E-state index in [1.165, 1.54) is 5.56 Å². The van der Waals surface area contributed by atoms with E-state index < -0.39 is 0 Å². The summed E-state index contributed by atoms with van der Waals surface area (Å²) < 4.78 is 0. The van der Waals surface area contributed by atoms with Crippen LogP contribution in [-0.2, 0) is 27.6 Å². The molecule has 1 nitrogen and oxygen atoms in total. The molecule has 0 atom stereocenters. The number of hydrogen-bond donors (Lipinski definition) is 1. The first kappa shape index (κ1) is 16.4. The van der Waals surface area contributed by atoms with Crippen molar-refractivity contribution in [1.29, 1.82) is 0 Å². The summed E-state index contributed by atoms with van der Waals surface area (Å²) in [6.07, 6.45) is 0. The number of hydrogen-bond acceptors (Lipinski definition) is 1. The first-order valence-corrected chi connectivity index (χ1v) is 5.73. The largest absolute Gasteiger partial charge is 0.565 e. The molecular weight excluding hydrogens is 255 g/mol. The Labute approximate surface area is 116 Å². The predicted octanol–water partition coefficient (Wildman–Crippen LogP) is 4.17. The molecule has 99 valence electrons. The molecule has 0 aliphatic rings. The number of phenols is 1. The molecule has 0 aliphatic heterocycles. The molecule has 1 radical (unpaired) electrons. The third kappa shape index (κ3) is 3.68. The number of rotatable bonds is 0. The molecule has 0 spiro atoms. The van der Waals surface area contributed by atoms with Crippen molar-refractivity contribution in [2.75, 3.05) is 0 Å². The van der Waals surface area contributed by atoms with E-state index >= 15 is 0 Å². The summed E-state index contributed by atoms with van der Waals surface area (Å²) in [6.45, 7) is 16.7. The van der Waals surface area contributed by atoms with Crippen LogP contribution in [0.4, 0.5) is 0 Å². The predicted molar refractivity (Wildman–Crippen MR) is 70.0 cm³/mol. The molecule has 0 heterocycles. The Bertz CT molecular complexity index is 395. The normalized spacial score (nSPS) is 12.1. The summed E-state index contributed by atoms with van der Waals surface area (Å²) in [5.74, 6) is 0.334. The van der Waals surface area contributed by atoms with Crippen LogP contribution in [0.2, 0.25) is 0 Å². The Morgan fingerprint density at radius 2 is 1.41 bits per heavy atom. The first-order chi connectivity index (χ1) is 7.03. The van der Waals surface area contributed by atoms with Crippen LogP contribution in [-0.4, -0.2) is 5.11 Å². The Morgan fingerprint density at radius 1 is 0.941 bits per heavy atom. The van der Waals surface area contributed by atoms with Crippen molar-refractivity contribution in [3.63, 3.8) is 0 Å². The first-order valence-electron chi connectivity index (χ1n) is 5.73. The SMILES string of the molecule is [CH2-]c1cc(C(C)(C)C)cc(C(C)(C)C)c1O.[Co]. The Hall–Kier alpha value is -0.604. The Kier molecular flexibility index (Phi) is 4.77. The van der Waals surface area contributed by atoms with Crippen LogP contribution in [0.15, 0.2) is 12.1 Å². The van der Waals surface area contributed by atoms with E-state index in [2.05, 4.69) is 54.5 Å². The summed E-state index contributed by atoms with van der Waals surface area (Å²) in [4.78, 5) is 0. The topological polar surface area (TPSA) is 20.2 Å². The molecule has 0 amide bonds. The van der Waals surface area contributed by atoms with Crippen LogP contribution in [0.5, 0.6) is 5.75 Å². The molecule has 0 bridgehead atoms. The number of benzene rings is 1. The maximum absolute atomic E-state index is 10.1. The van der Waals surface area contributed by atoms with Gasteiger partial charge in [-0.25, -0.2) is 0 Å². The van der Waals surface area contributed by atoms with Gasteiger partial charge in [-0.2, -0.15) is 18.6 Å². The molecule has 0 unspecified atom stereocenters. The van der Waals surface area contributed by atoms with Gasteiger partial charge in [0.25, 0.3) is 0 Å². The van der Waals surface area contributed by atoms with Crippen LogP contribution in [0.25, 0.3) is 0 Å². The summed E-state index contributed by atoms with van der Waals surface area (Å²) in [7, 11) is 0. The molecule has 0 fully saturated rings. The van der Waals surface area contributed by atoms with Crippen molar-refractivity contribution < 1.29 is 21.9 Å². The smallest absolute Gasteiger partial charge is 0.0140 e. The van der Waals surface area contributed by atoms with Gasteiger partial charge >= 0.3 is 0 Å². The molecule has 1 rings (SSSR count). The van der Waals surface area contributed by atoms with Crippen LogP contribution >= 0.6 is 0 Å². The van der Waals surface area contributed by atoms with E-state index in [0.29, 0.717) is 5.75 Å². The zero-order valence-corrected chi connectivity index (χ0v) is 12.7. The molecule has 1 aromatic carbocycles. The second kappa shape index (κ2) is 4.95. The van der Waals surface area contributed by atoms with Crippen molar-refractivity contribution in [3.05, 3.63) is 35.7 Å². The van der Waals surface area contributed by atoms with Gasteiger partial charge in [-0.15, -0.1) is 0 Å². The van der Waals surface area contributed by atoms with E-state index in [1.807, 2.05) is 6.07 Å². The van der Waals surface area contributed by atoms with Crippen LogP contribution in [0, 0.1) is 6.92 Å². The summed E-state index contributed by atoms with van der Waals surface area (Å²) in [6, 6.07) is 4.08. The minimum Gasteiger partial charge on any atom is -0.565 e. The van der Waals surface area contributed by atoms with Gasteiger partial charge in [0.05, 0.1) is 0 Å².